The quantitative estimate of drug-likeness (QED) is 0.658. The summed E-state index contributed by atoms with van der Waals surface area (Å²) in [5.74, 6) is -1.19. The fourth-order valence-corrected chi connectivity index (χ4v) is 3.23. The van der Waals surface area contributed by atoms with Crippen LogP contribution in [0.2, 0.25) is 0 Å². The molecule has 25 heavy (non-hydrogen) atoms. The molecule has 1 aromatic heterocycles. The Kier molecular flexibility index (Phi) is 5.84. The zero-order valence-corrected chi connectivity index (χ0v) is 16.5. The molecule has 1 aromatic carbocycles. The highest BCUT2D eigenvalue weighted by atomic mass is 79.9. The second-order valence-electron chi connectivity index (χ2n) is 6.07. The number of halogens is 2. The molecule has 0 spiro atoms. The predicted molar refractivity (Wildman–Crippen MR) is 98.6 cm³/mol. The van der Waals surface area contributed by atoms with Crippen LogP contribution in [0.25, 0.3) is 11.1 Å². The van der Waals surface area contributed by atoms with Gasteiger partial charge in [0.2, 0.25) is 0 Å². The summed E-state index contributed by atoms with van der Waals surface area (Å²) < 4.78 is 24.8. The molecule has 0 radical (unpaired) electrons. The van der Waals surface area contributed by atoms with E-state index < -0.39 is 23.5 Å². The number of nitrogens with one attached hydrogen (secondary N) is 1. The van der Waals surface area contributed by atoms with Crippen molar-refractivity contribution >= 4 is 45.0 Å². The Morgan fingerprint density at radius 2 is 1.88 bits per heavy atom. The molecule has 1 amide bonds. The number of ether oxygens (including phenoxy) is 2. The maximum absolute atomic E-state index is 14.6. The van der Waals surface area contributed by atoms with E-state index in [2.05, 4.69) is 21.2 Å². The monoisotopic (exact) mass is 429 g/mol. The topological polar surface area (TPSA) is 64.6 Å². The lowest BCUT2D eigenvalue weighted by atomic mass is 10.0. The Balaban J connectivity index is 2.50. The minimum atomic E-state index is -0.791. The van der Waals surface area contributed by atoms with Crippen LogP contribution >= 0.6 is 27.3 Å². The lowest BCUT2D eigenvalue weighted by molar-refractivity contribution is 0.0604. The summed E-state index contributed by atoms with van der Waals surface area (Å²) in [5.41, 5.74) is 0.0152. The van der Waals surface area contributed by atoms with Crippen LogP contribution in [-0.2, 0) is 9.47 Å². The zero-order valence-electron chi connectivity index (χ0n) is 14.1. The van der Waals surface area contributed by atoms with E-state index >= 15 is 0 Å². The van der Waals surface area contributed by atoms with Crippen molar-refractivity contribution in [2.75, 3.05) is 12.4 Å². The second kappa shape index (κ2) is 7.53. The van der Waals surface area contributed by atoms with E-state index in [0.29, 0.717) is 16.0 Å². The van der Waals surface area contributed by atoms with Gasteiger partial charge in [-0.3, -0.25) is 5.32 Å². The van der Waals surface area contributed by atoms with Gasteiger partial charge in [0.1, 0.15) is 10.5 Å². The molecule has 2 aromatic rings. The Bertz CT molecular complexity index is 813. The molecule has 5 nitrogen and oxygen atoms in total. The number of hydrogen-bond donors (Lipinski definition) is 1. The van der Waals surface area contributed by atoms with E-state index in [1.165, 1.54) is 24.5 Å². The summed E-state index contributed by atoms with van der Waals surface area (Å²) in [6.07, 6.45) is -0.791. The molecule has 1 heterocycles. The van der Waals surface area contributed by atoms with Gasteiger partial charge < -0.3 is 9.47 Å². The Labute approximate surface area is 157 Å². The first kappa shape index (κ1) is 19.4. The number of benzene rings is 1. The van der Waals surface area contributed by atoms with Crippen molar-refractivity contribution < 1.29 is 23.5 Å². The highest BCUT2D eigenvalue weighted by Gasteiger charge is 2.24. The summed E-state index contributed by atoms with van der Waals surface area (Å²) >= 11 is 4.27. The molecule has 0 saturated carbocycles. The average molecular weight is 430 g/mol. The van der Waals surface area contributed by atoms with E-state index in [1.807, 2.05) is 0 Å². The smallest absolute Gasteiger partial charge is 0.412 e. The van der Waals surface area contributed by atoms with Crippen molar-refractivity contribution in [3.63, 3.8) is 0 Å². The number of thiophene rings is 1. The minimum absolute atomic E-state index is 0.0767. The van der Waals surface area contributed by atoms with Crippen LogP contribution in [-0.4, -0.2) is 24.8 Å². The van der Waals surface area contributed by atoms with E-state index in [9.17, 15) is 14.0 Å². The number of methoxy groups -OCH3 is 1. The van der Waals surface area contributed by atoms with Crippen LogP contribution in [0.3, 0.4) is 0 Å². The SMILES string of the molecule is COC(=O)c1sccc1-c1ccc(Br)c(F)c1NC(=O)OC(C)(C)C. The van der Waals surface area contributed by atoms with Gasteiger partial charge in [-0.2, -0.15) is 0 Å². The normalized spacial score (nSPS) is 11.1. The Hall–Kier alpha value is -1.93. The summed E-state index contributed by atoms with van der Waals surface area (Å²) in [7, 11) is 1.27. The first-order chi connectivity index (χ1) is 11.6. The van der Waals surface area contributed by atoms with Crippen LogP contribution in [0.5, 0.6) is 0 Å². The average Bonchev–Trinajstić information content (AvgIpc) is 2.98. The minimum Gasteiger partial charge on any atom is -0.465 e. The van der Waals surface area contributed by atoms with E-state index in [1.54, 1.807) is 38.3 Å². The molecule has 0 unspecified atom stereocenters. The number of rotatable bonds is 3. The molecule has 0 bridgehead atoms. The van der Waals surface area contributed by atoms with E-state index in [0.717, 1.165) is 0 Å². The predicted octanol–water partition coefficient (Wildman–Crippen LogP) is 5.45. The van der Waals surface area contributed by atoms with Crippen molar-refractivity contribution in [1.29, 1.82) is 0 Å². The van der Waals surface area contributed by atoms with E-state index in [-0.39, 0.29) is 10.2 Å². The van der Waals surface area contributed by atoms with Gasteiger partial charge in [0.05, 0.1) is 17.3 Å². The fraction of sp³-hybridized carbons (Fsp3) is 0.294. The first-order valence-corrected chi connectivity index (χ1v) is 8.95. The number of carbonyl (C=O) groups excluding carboxylic acids is 2. The number of anilines is 1. The first-order valence-electron chi connectivity index (χ1n) is 7.28. The molecule has 0 aliphatic rings. The van der Waals surface area contributed by atoms with Crippen LogP contribution in [0, 0.1) is 5.82 Å². The van der Waals surface area contributed by atoms with Crippen molar-refractivity contribution in [3.05, 3.63) is 38.7 Å². The van der Waals surface area contributed by atoms with Gasteiger partial charge in [0.15, 0.2) is 5.82 Å². The van der Waals surface area contributed by atoms with Crippen LogP contribution in [0.4, 0.5) is 14.9 Å². The molecule has 1 N–H and O–H groups in total. The molecule has 0 aliphatic carbocycles. The summed E-state index contributed by atoms with van der Waals surface area (Å²) in [6, 6.07) is 4.78. The van der Waals surface area contributed by atoms with Crippen molar-refractivity contribution in [3.8, 4) is 11.1 Å². The number of hydrogen-bond acceptors (Lipinski definition) is 5. The molecule has 0 aliphatic heterocycles. The molecule has 0 fully saturated rings. The Morgan fingerprint density at radius 1 is 1.20 bits per heavy atom. The standard InChI is InChI=1S/C17H17BrFNO4S/c1-17(2,3)24-16(22)20-13-9(5-6-11(18)12(13)19)10-7-8-25-14(10)15(21)23-4/h5-8H,1-4H3,(H,20,22). The van der Waals surface area contributed by atoms with Gasteiger partial charge in [0.25, 0.3) is 0 Å². The van der Waals surface area contributed by atoms with Gasteiger partial charge in [-0.05, 0) is 54.2 Å². The molecule has 0 atom stereocenters. The lowest BCUT2D eigenvalue weighted by Crippen LogP contribution is -2.27. The van der Waals surface area contributed by atoms with Crippen molar-refractivity contribution in [2.45, 2.75) is 26.4 Å². The summed E-state index contributed by atoms with van der Waals surface area (Å²) in [6.45, 7) is 5.12. The summed E-state index contributed by atoms with van der Waals surface area (Å²) in [5, 5.41) is 4.13. The van der Waals surface area contributed by atoms with Crippen molar-refractivity contribution in [1.82, 2.24) is 0 Å². The van der Waals surface area contributed by atoms with Gasteiger partial charge in [-0.25, -0.2) is 14.0 Å². The van der Waals surface area contributed by atoms with Crippen LogP contribution in [0.15, 0.2) is 28.1 Å². The van der Waals surface area contributed by atoms with Crippen LogP contribution in [0.1, 0.15) is 30.4 Å². The maximum atomic E-state index is 14.6. The second-order valence-corrected chi connectivity index (χ2v) is 7.84. The highest BCUT2D eigenvalue weighted by Crippen LogP contribution is 2.38. The maximum Gasteiger partial charge on any atom is 0.412 e. The Morgan fingerprint density at radius 3 is 2.48 bits per heavy atom. The molecule has 2 rings (SSSR count). The van der Waals surface area contributed by atoms with E-state index in [4.69, 9.17) is 9.47 Å². The number of amides is 1. The largest absolute Gasteiger partial charge is 0.465 e. The highest BCUT2D eigenvalue weighted by molar-refractivity contribution is 9.10. The molecular weight excluding hydrogens is 413 g/mol. The molecule has 0 saturated heterocycles. The lowest BCUT2D eigenvalue weighted by Gasteiger charge is -2.21. The van der Waals surface area contributed by atoms with Gasteiger partial charge in [-0.15, -0.1) is 11.3 Å². The van der Waals surface area contributed by atoms with Crippen molar-refractivity contribution in [2.24, 2.45) is 0 Å². The number of esters is 1. The van der Waals surface area contributed by atoms with Gasteiger partial charge in [0, 0.05) is 11.1 Å². The summed E-state index contributed by atoms with van der Waals surface area (Å²) in [4.78, 5) is 24.3. The van der Waals surface area contributed by atoms with Gasteiger partial charge >= 0.3 is 12.1 Å². The third-order valence-electron chi connectivity index (χ3n) is 3.05. The number of carbonyl (C=O) groups is 2. The third kappa shape index (κ3) is 4.58. The molecule has 134 valence electrons. The third-order valence-corrected chi connectivity index (χ3v) is 4.55. The molecular formula is C17H17BrFNO4S. The van der Waals surface area contributed by atoms with Crippen LogP contribution < -0.4 is 5.32 Å². The molecule has 8 heteroatoms. The zero-order chi connectivity index (χ0) is 18.8. The van der Waals surface area contributed by atoms with Gasteiger partial charge in [-0.1, -0.05) is 6.07 Å². The fourth-order valence-electron chi connectivity index (χ4n) is 2.08.